The van der Waals surface area contributed by atoms with Gasteiger partial charge in [-0.2, -0.15) is 0 Å². The molecule has 1 fully saturated rings. The summed E-state index contributed by atoms with van der Waals surface area (Å²) >= 11 is 0. The Morgan fingerprint density at radius 2 is 1.70 bits per heavy atom. The van der Waals surface area contributed by atoms with Gasteiger partial charge in [-0.25, -0.2) is 0 Å². The van der Waals surface area contributed by atoms with Gasteiger partial charge in [0.05, 0.1) is 27.2 Å². The van der Waals surface area contributed by atoms with Gasteiger partial charge in [0.1, 0.15) is 0 Å². The smallest absolute Gasteiger partial charge is 0.323 e. The Morgan fingerprint density at radius 1 is 1.09 bits per heavy atom. The fourth-order valence-electron chi connectivity index (χ4n) is 3.62. The highest BCUT2D eigenvalue weighted by Gasteiger charge is 2.55. The maximum Gasteiger partial charge on any atom is 0.323 e. The molecule has 2 aliphatic carbocycles. The van der Waals surface area contributed by atoms with Gasteiger partial charge in [0.2, 0.25) is 0 Å². The standard InChI is InChI=1S/C17H22O6/c1-10-12(14(18)21-2)7-5-6-11-8-17(9-13(10)11,15(19)22-3)16(20)23-4/h5-6,11-12H,7-9H2,1-4H3/t11-,12-/m1/s1. The maximum absolute atomic E-state index is 12.3. The van der Waals surface area contributed by atoms with Gasteiger partial charge >= 0.3 is 17.9 Å². The number of hydrogen-bond acceptors (Lipinski definition) is 6. The average molecular weight is 322 g/mol. The van der Waals surface area contributed by atoms with Crippen molar-refractivity contribution in [2.45, 2.75) is 26.2 Å². The molecule has 0 N–H and O–H groups in total. The molecule has 0 heterocycles. The van der Waals surface area contributed by atoms with Crippen LogP contribution in [0.15, 0.2) is 23.3 Å². The van der Waals surface area contributed by atoms with Crippen molar-refractivity contribution in [3.8, 4) is 0 Å². The van der Waals surface area contributed by atoms with Gasteiger partial charge in [-0.05, 0) is 32.1 Å². The summed E-state index contributed by atoms with van der Waals surface area (Å²) in [5.41, 5.74) is 0.444. The monoisotopic (exact) mass is 322 g/mol. The molecule has 0 aliphatic heterocycles. The van der Waals surface area contributed by atoms with E-state index in [2.05, 4.69) is 0 Å². The first-order chi connectivity index (χ1) is 10.9. The zero-order chi connectivity index (χ0) is 17.2. The molecule has 0 aromatic heterocycles. The van der Waals surface area contributed by atoms with Crippen LogP contribution in [0.2, 0.25) is 0 Å². The fraction of sp³-hybridized carbons (Fsp3) is 0.588. The predicted octanol–water partition coefficient (Wildman–Crippen LogP) is 1.79. The maximum atomic E-state index is 12.3. The molecule has 0 spiro atoms. The third-order valence-corrected chi connectivity index (χ3v) is 4.92. The van der Waals surface area contributed by atoms with Crippen molar-refractivity contribution < 1.29 is 28.6 Å². The molecule has 0 saturated heterocycles. The highest BCUT2D eigenvalue weighted by atomic mass is 16.5. The SMILES string of the molecule is COC(=O)[C@@H]1CC=C[C@@H]2CC(C(=O)OC)(C(=O)OC)CC2=C1C. The van der Waals surface area contributed by atoms with Gasteiger partial charge in [0.15, 0.2) is 5.41 Å². The van der Waals surface area contributed by atoms with Crippen LogP contribution in [0.3, 0.4) is 0 Å². The largest absolute Gasteiger partial charge is 0.469 e. The van der Waals surface area contributed by atoms with Crippen molar-refractivity contribution in [3.63, 3.8) is 0 Å². The van der Waals surface area contributed by atoms with Crippen LogP contribution in [0.1, 0.15) is 26.2 Å². The van der Waals surface area contributed by atoms with E-state index in [1.165, 1.54) is 21.3 Å². The van der Waals surface area contributed by atoms with Crippen LogP contribution in [-0.2, 0) is 28.6 Å². The van der Waals surface area contributed by atoms with Crippen molar-refractivity contribution in [2.24, 2.45) is 17.3 Å². The molecule has 0 unspecified atom stereocenters. The summed E-state index contributed by atoms with van der Waals surface area (Å²) in [5.74, 6) is -1.97. The number of ether oxygens (including phenoxy) is 3. The third kappa shape index (κ3) is 2.78. The molecular weight excluding hydrogens is 300 g/mol. The van der Waals surface area contributed by atoms with Crippen LogP contribution >= 0.6 is 0 Å². The minimum atomic E-state index is -1.34. The molecule has 6 nitrogen and oxygen atoms in total. The van der Waals surface area contributed by atoms with Gasteiger partial charge in [0, 0.05) is 0 Å². The van der Waals surface area contributed by atoms with Gasteiger partial charge in [-0.1, -0.05) is 23.3 Å². The van der Waals surface area contributed by atoms with Crippen molar-refractivity contribution >= 4 is 17.9 Å². The number of esters is 3. The first-order valence-electron chi connectivity index (χ1n) is 7.52. The van der Waals surface area contributed by atoms with Crippen LogP contribution in [0, 0.1) is 17.3 Å². The van der Waals surface area contributed by atoms with Crippen LogP contribution in [-0.4, -0.2) is 39.2 Å². The van der Waals surface area contributed by atoms with Crippen molar-refractivity contribution in [1.82, 2.24) is 0 Å². The topological polar surface area (TPSA) is 78.9 Å². The molecular formula is C17H22O6. The number of methoxy groups -OCH3 is 3. The number of carbonyl (C=O) groups excluding carboxylic acids is 3. The Balaban J connectivity index is 2.47. The van der Waals surface area contributed by atoms with Crippen molar-refractivity contribution in [1.29, 1.82) is 0 Å². The Morgan fingerprint density at radius 3 is 2.22 bits per heavy atom. The summed E-state index contributed by atoms with van der Waals surface area (Å²) < 4.78 is 14.6. The summed E-state index contributed by atoms with van der Waals surface area (Å²) in [6.45, 7) is 1.86. The van der Waals surface area contributed by atoms with E-state index in [1.807, 2.05) is 19.1 Å². The van der Waals surface area contributed by atoms with Crippen molar-refractivity contribution in [2.75, 3.05) is 21.3 Å². The number of fused-ring (bicyclic) bond motifs is 1. The van der Waals surface area contributed by atoms with E-state index in [4.69, 9.17) is 14.2 Å². The van der Waals surface area contributed by atoms with E-state index in [0.717, 1.165) is 11.1 Å². The molecule has 0 amide bonds. The summed E-state index contributed by atoms with van der Waals surface area (Å²) in [4.78, 5) is 36.6. The number of allylic oxidation sites excluding steroid dienone is 3. The van der Waals surface area contributed by atoms with E-state index in [0.29, 0.717) is 12.8 Å². The molecule has 2 rings (SSSR count). The second kappa shape index (κ2) is 6.56. The predicted molar refractivity (Wildman–Crippen MR) is 81.2 cm³/mol. The lowest BCUT2D eigenvalue weighted by atomic mass is 9.84. The summed E-state index contributed by atoms with van der Waals surface area (Å²) in [6.07, 6.45) is 4.93. The van der Waals surface area contributed by atoms with Gasteiger partial charge in [-0.3, -0.25) is 14.4 Å². The van der Waals surface area contributed by atoms with E-state index in [-0.39, 0.29) is 24.2 Å². The Labute approximate surface area is 135 Å². The molecule has 23 heavy (non-hydrogen) atoms. The Kier molecular flexibility index (Phi) is 4.92. The molecule has 1 saturated carbocycles. The number of hydrogen-bond donors (Lipinski definition) is 0. The van der Waals surface area contributed by atoms with Crippen molar-refractivity contribution in [3.05, 3.63) is 23.3 Å². The Bertz CT molecular complexity index is 570. The molecule has 2 aliphatic rings. The lowest BCUT2D eigenvalue weighted by Crippen LogP contribution is -2.39. The first-order valence-corrected chi connectivity index (χ1v) is 7.52. The quantitative estimate of drug-likeness (QED) is 0.341. The minimum Gasteiger partial charge on any atom is -0.469 e. The van der Waals surface area contributed by atoms with E-state index < -0.39 is 17.4 Å². The van der Waals surface area contributed by atoms with Gasteiger partial charge < -0.3 is 14.2 Å². The van der Waals surface area contributed by atoms with Crippen LogP contribution in [0.4, 0.5) is 0 Å². The molecule has 6 heteroatoms. The van der Waals surface area contributed by atoms with E-state index in [9.17, 15) is 14.4 Å². The van der Waals surface area contributed by atoms with Crippen LogP contribution < -0.4 is 0 Å². The summed E-state index contributed by atoms with van der Waals surface area (Å²) in [7, 11) is 3.87. The van der Waals surface area contributed by atoms with E-state index >= 15 is 0 Å². The molecule has 0 radical (unpaired) electrons. The van der Waals surface area contributed by atoms with Gasteiger partial charge in [0.25, 0.3) is 0 Å². The number of rotatable bonds is 3. The molecule has 0 aromatic rings. The van der Waals surface area contributed by atoms with Crippen LogP contribution in [0.5, 0.6) is 0 Å². The summed E-state index contributed by atoms with van der Waals surface area (Å²) in [5, 5.41) is 0. The zero-order valence-corrected chi connectivity index (χ0v) is 13.9. The zero-order valence-electron chi connectivity index (χ0n) is 13.9. The molecule has 2 atom stereocenters. The van der Waals surface area contributed by atoms with Gasteiger partial charge in [-0.15, -0.1) is 0 Å². The second-order valence-corrected chi connectivity index (χ2v) is 6.00. The number of carbonyl (C=O) groups is 3. The first kappa shape index (κ1) is 17.2. The molecule has 0 bridgehead atoms. The van der Waals surface area contributed by atoms with E-state index in [1.54, 1.807) is 0 Å². The Hall–Kier alpha value is -2.11. The lowest BCUT2D eigenvalue weighted by molar-refractivity contribution is -0.168. The highest BCUT2D eigenvalue weighted by molar-refractivity contribution is 6.01. The normalized spacial score (nSPS) is 25.4. The summed E-state index contributed by atoms with van der Waals surface area (Å²) in [6, 6.07) is 0. The minimum absolute atomic E-state index is 0.0807. The highest BCUT2D eigenvalue weighted by Crippen LogP contribution is 2.50. The molecule has 0 aromatic carbocycles. The van der Waals surface area contributed by atoms with Crippen LogP contribution in [0.25, 0.3) is 0 Å². The lowest BCUT2D eigenvalue weighted by Gasteiger charge is -2.23. The second-order valence-electron chi connectivity index (χ2n) is 6.00. The molecule has 126 valence electrons. The third-order valence-electron chi connectivity index (χ3n) is 4.92. The fourth-order valence-corrected chi connectivity index (χ4v) is 3.62. The average Bonchev–Trinajstić information content (AvgIpc) is 2.90.